The van der Waals surface area contributed by atoms with E-state index in [-0.39, 0.29) is 5.79 Å². The second-order valence-corrected chi connectivity index (χ2v) is 4.72. The van der Waals surface area contributed by atoms with E-state index >= 15 is 0 Å². The fourth-order valence-corrected chi connectivity index (χ4v) is 2.72. The van der Waals surface area contributed by atoms with E-state index in [2.05, 4.69) is 6.92 Å². The maximum Gasteiger partial charge on any atom is 0.171 e. The number of hydrogen-bond donors (Lipinski definition) is 0. The summed E-state index contributed by atoms with van der Waals surface area (Å²) in [6.45, 7) is 3.88. The summed E-state index contributed by atoms with van der Waals surface area (Å²) in [6.07, 6.45) is 9.11. The first kappa shape index (κ1) is 10.4. The standard InChI is InChI=1S/C12H22O2/c1-11-7-5-3-2-4-6-8-12(11)13-9-10-14-12/h11H,2-10H2,1H3. The first-order chi connectivity index (χ1) is 6.83. The fraction of sp³-hybridized carbons (Fsp3) is 1.00. The molecular formula is C12H22O2. The average molecular weight is 198 g/mol. The molecule has 1 heterocycles. The van der Waals surface area contributed by atoms with Crippen LogP contribution >= 0.6 is 0 Å². The lowest BCUT2D eigenvalue weighted by molar-refractivity contribution is -0.198. The van der Waals surface area contributed by atoms with Crippen LogP contribution in [0.4, 0.5) is 0 Å². The summed E-state index contributed by atoms with van der Waals surface area (Å²) in [4.78, 5) is 0. The third-order valence-corrected chi connectivity index (χ3v) is 3.69. The van der Waals surface area contributed by atoms with E-state index in [4.69, 9.17) is 9.47 Å². The highest BCUT2D eigenvalue weighted by molar-refractivity contribution is 4.81. The molecule has 2 fully saturated rings. The predicted octanol–water partition coefficient (Wildman–Crippen LogP) is 3.11. The van der Waals surface area contributed by atoms with Crippen LogP contribution < -0.4 is 0 Å². The molecule has 1 saturated heterocycles. The third-order valence-electron chi connectivity index (χ3n) is 3.69. The molecule has 1 unspecified atom stereocenters. The van der Waals surface area contributed by atoms with E-state index in [9.17, 15) is 0 Å². The van der Waals surface area contributed by atoms with Gasteiger partial charge in [-0.2, -0.15) is 0 Å². The van der Waals surface area contributed by atoms with Crippen molar-refractivity contribution in [3.8, 4) is 0 Å². The topological polar surface area (TPSA) is 18.5 Å². The van der Waals surface area contributed by atoms with Crippen molar-refractivity contribution in [3.05, 3.63) is 0 Å². The first-order valence-corrected chi connectivity index (χ1v) is 6.11. The Morgan fingerprint density at radius 3 is 2.36 bits per heavy atom. The molecule has 0 radical (unpaired) electrons. The van der Waals surface area contributed by atoms with E-state index in [0.29, 0.717) is 5.92 Å². The lowest BCUT2D eigenvalue weighted by Gasteiger charge is -2.33. The van der Waals surface area contributed by atoms with Gasteiger partial charge in [0, 0.05) is 12.3 Å². The summed E-state index contributed by atoms with van der Waals surface area (Å²) in [6, 6.07) is 0. The van der Waals surface area contributed by atoms with Crippen LogP contribution in [-0.2, 0) is 9.47 Å². The van der Waals surface area contributed by atoms with Gasteiger partial charge in [-0.25, -0.2) is 0 Å². The number of hydrogen-bond acceptors (Lipinski definition) is 2. The Kier molecular flexibility index (Phi) is 3.45. The molecule has 1 saturated carbocycles. The quantitative estimate of drug-likeness (QED) is 0.595. The Labute approximate surface area is 87.0 Å². The molecule has 2 heteroatoms. The molecule has 1 aliphatic carbocycles. The minimum atomic E-state index is -0.204. The van der Waals surface area contributed by atoms with Gasteiger partial charge in [0.05, 0.1) is 13.2 Å². The number of rotatable bonds is 0. The van der Waals surface area contributed by atoms with Gasteiger partial charge in [0.15, 0.2) is 5.79 Å². The van der Waals surface area contributed by atoms with Crippen molar-refractivity contribution in [1.29, 1.82) is 0 Å². The maximum absolute atomic E-state index is 5.86. The molecule has 1 atom stereocenters. The highest BCUT2D eigenvalue weighted by Gasteiger charge is 2.41. The van der Waals surface area contributed by atoms with Gasteiger partial charge in [0.1, 0.15) is 0 Å². The van der Waals surface area contributed by atoms with Gasteiger partial charge in [-0.1, -0.05) is 32.6 Å². The van der Waals surface area contributed by atoms with E-state index in [1.54, 1.807) is 0 Å². The lowest BCUT2D eigenvalue weighted by Crippen LogP contribution is -2.37. The van der Waals surface area contributed by atoms with Crippen molar-refractivity contribution in [3.63, 3.8) is 0 Å². The molecule has 0 aromatic carbocycles. The summed E-state index contributed by atoms with van der Waals surface area (Å²) >= 11 is 0. The minimum absolute atomic E-state index is 0.204. The Morgan fingerprint density at radius 1 is 0.929 bits per heavy atom. The van der Waals surface area contributed by atoms with E-state index in [0.717, 1.165) is 19.6 Å². The van der Waals surface area contributed by atoms with Crippen molar-refractivity contribution in [2.45, 2.75) is 57.7 Å². The van der Waals surface area contributed by atoms with Gasteiger partial charge in [-0.05, 0) is 12.8 Å². The van der Waals surface area contributed by atoms with Crippen molar-refractivity contribution < 1.29 is 9.47 Å². The summed E-state index contributed by atoms with van der Waals surface area (Å²) < 4.78 is 11.7. The SMILES string of the molecule is CC1CCCCCCCC12OCCO2. The Hall–Kier alpha value is -0.0800. The van der Waals surface area contributed by atoms with Crippen molar-refractivity contribution in [1.82, 2.24) is 0 Å². The van der Waals surface area contributed by atoms with Gasteiger partial charge in [-0.15, -0.1) is 0 Å². The van der Waals surface area contributed by atoms with Crippen molar-refractivity contribution >= 4 is 0 Å². The van der Waals surface area contributed by atoms with Crippen LogP contribution in [-0.4, -0.2) is 19.0 Å². The zero-order valence-corrected chi connectivity index (χ0v) is 9.26. The van der Waals surface area contributed by atoms with E-state index < -0.39 is 0 Å². The Morgan fingerprint density at radius 2 is 1.57 bits per heavy atom. The Balaban J connectivity index is 2.01. The summed E-state index contributed by atoms with van der Waals surface area (Å²) in [7, 11) is 0. The summed E-state index contributed by atoms with van der Waals surface area (Å²) in [5, 5.41) is 0. The van der Waals surface area contributed by atoms with Crippen LogP contribution in [0.2, 0.25) is 0 Å². The van der Waals surface area contributed by atoms with Crippen LogP contribution in [0.25, 0.3) is 0 Å². The molecule has 0 N–H and O–H groups in total. The molecule has 2 nitrogen and oxygen atoms in total. The maximum atomic E-state index is 5.86. The van der Waals surface area contributed by atoms with Crippen LogP contribution in [0.1, 0.15) is 51.9 Å². The van der Waals surface area contributed by atoms with Gasteiger partial charge >= 0.3 is 0 Å². The molecule has 0 aromatic rings. The molecule has 82 valence electrons. The molecular weight excluding hydrogens is 176 g/mol. The molecule has 0 aromatic heterocycles. The first-order valence-electron chi connectivity index (χ1n) is 6.11. The van der Waals surface area contributed by atoms with Crippen LogP contribution in [0, 0.1) is 5.92 Å². The van der Waals surface area contributed by atoms with Crippen molar-refractivity contribution in [2.75, 3.05) is 13.2 Å². The normalized spacial score (nSPS) is 33.6. The van der Waals surface area contributed by atoms with Gasteiger partial charge in [-0.3, -0.25) is 0 Å². The van der Waals surface area contributed by atoms with Gasteiger partial charge in [0.2, 0.25) is 0 Å². The minimum Gasteiger partial charge on any atom is -0.347 e. The van der Waals surface area contributed by atoms with E-state index in [1.165, 1.54) is 38.5 Å². The smallest absolute Gasteiger partial charge is 0.171 e. The third kappa shape index (κ3) is 2.12. The molecule has 1 aliphatic heterocycles. The largest absolute Gasteiger partial charge is 0.347 e. The van der Waals surface area contributed by atoms with Crippen LogP contribution in [0.3, 0.4) is 0 Å². The van der Waals surface area contributed by atoms with Crippen LogP contribution in [0.5, 0.6) is 0 Å². The molecule has 2 aliphatic rings. The van der Waals surface area contributed by atoms with Gasteiger partial charge < -0.3 is 9.47 Å². The molecule has 2 rings (SSSR count). The highest BCUT2D eigenvalue weighted by Crippen LogP contribution is 2.37. The second-order valence-electron chi connectivity index (χ2n) is 4.72. The second kappa shape index (κ2) is 4.63. The fourth-order valence-electron chi connectivity index (χ4n) is 2.72. The molecule has 14 heavy (non-hydrogen) atoms. The lowest BCUT2D eigenvalue weighted by atomic mass is 9.92. The summed E-state index contributed by atoms with van der Waals surface area (Å²) in [5.41, 5.74) is 0. The zero-order chi connectivity index (χ0) is 9.86. The van der Waals surface area contributed by atoms with Crippen molar-refractivity contribution in [2.24, 2.45) is 5.92 Å². The zero-order valence-electron chi connectivity index (χ0n) is 9.26. The molecule has 0 bridgehead atoms. The summed E-state index contributed by atoms with van der Waals surface area (Å²) in [5.74, 6) is 0.368. The van der Waals surface area contributed by atoms with E-state index in [1.807, 2.05) is 0 Å². The Bertz CT molecular complexity index is 173. The number of ether oxygens (including phenoxy) is 2. The predicted molar refractivity (Wildman–Crippen MR) is 56.1 cm³/mol. The average Bonchev–Trinajstić information content (AvgIpc) is 2.67. The highest BCUT2D eigenvalue weighted by atomic mass is 16.7. The molecule has 0 amide bonds. The molecule has 1 spiro atoms. The van der Waals surface area contributed by atoms with Crippen LogP contribution in [0.15, 0.2) is 0 Å². The monoisotopic (exact) mass is 198 g/mol. The van der Waals surface area contributed by atoms with Gasteiger partial charge in [0.25, 0.3) is 0 Å².